The highest BCUT2D eigenvalue weighted by Crippen LogP contribution is 2.25. The lowest BCUT2D eigenvalue weighted by Gasteiger charge is -2.14. The highest BCUT2D eigenvalue weighted by Gasteiger charge is 2.22. The quantitative estimate of drug-likeness (QED) is 0.908. The topological polar surface area (TPSA) is 85.8 Å². The smallest absolute Gasteiger partial charge is 0.272 e. The van der Waals surface area contributed by atoms with Crippen LogP contribution in [0.2, 0.25) is 0 Å². The lowest BCUT2D eigenvalue weighted by Crippen LogP contribution is -2.29. The van der Waals surface area contributed by atoms with Crippen LogP contribution < -0.4 is 11.1 Å². The van der Waals surface area contributed by atoms with E-state index in [1.807, 2.05) is 27.7 Å². The molecule has 0 aliphatic heterocycles. The molecule has 0 spiro atoms. The second-order valence-corrected chi connectivity index (χ2v) is 6.28. The SMILES string of the molecule is CCn1nc(C)c(N)c1C(=O)NC(C)c1sc(C)nc1C. The number of amides is 1. The average molecular weight is 307 g/mol. The Morgan fingerprint density at radius 2 is 2.05 bits per heavy atom. The first-order valence-electron chi connectivity index (χ1n) is 6.92. The summed E-state index contributed by atoms with van der Waals surface area (Å²) in [5, 5.41) is 8.26. The van der Waals surface area contributed by atoms with E-state index in [9.17, 15) is 4.79 Å². The minimum absolute atomic E-state index is 0.108. The minimum atomic E-state index is -0.201. The number of hydrogen-bond donors (Lipinski definition) is 2. The lowest BCUT2D eigenvalue weighted by molar-refractivity contribution is 0.0930. The summed E-state index contributed by atoms with van der Waals surface area (Å²) in [6, 6.07) is -0.108. The molecular weight excluding hydrogens is 286 g/mol. The number of carbonyl (C=O) groups excluding carboxylic acids is 1. The maximum atomic E-state index is 12.5. The number of anilines is 1. The van der Waals surface area contributed by atoms with Crippen molar-refractivity contribution < 1.29 is 4.79 Å². The molecule has 0 saturated carbocycles. The van der Waals surface area contributed by atoms with Crippen molar-refractivity contribution in [2.45, 2.75) is 47.2 Å². The Balaban J connectivity index is 2.24. The van der Waals surface area contributed by atoms with Gasteiger partial charge in [0, 0.05) is 11.4 Å². The molecule has 0 radical (unpaired) electrons. The third-order valence-electron chi connectivity index (χ3n) is 3.37. The second kappa shape index (κ2) is 5.85. The summed E-state index contributed by atoms with van der Waals surface area (Å²) in [5.41, 5.74) is 8.49. The van der Waals surface area contributed by atoms with Crippen LogP contribution in [0.5, 0.6) is 0 Å². The molecular formula is C14H21N5OS. The summed E-state index contributed by atoms with van der Waals surface area (Å²) in [5.74, 6) is -0.201. The molecule has 21 heavy (non-hydrogen) atoms. The number of aromatic nitrogens is 3. The molecule has 6 nitrogen and oxygen atoms in total. The van der Waals surface area contributed by atoms with Gasteiger partial charge in [-0.05, 0) is 34.6 Å². The summed E-state index contributed by atoms with van der Waals surface area (Å²) in [6.45, 7) is 10.2. The predicted octanol–water partition coefficient (Wildman–Crippen LogP) is 2.36. The van der Waals surface area contributed by atoms with Gasteiger partial charge < -0.3 is 11.1 Å². The molecule has 0 aliphatic carbocycles. The fourth-order valence-corrected chi connectivity index (χ4v) is 3.27. The number of nitrogens with one attached hydrogen (secondary N) is 1. The Morgan fingerprint density at radius 1 is 1.38 bits per heavy atom. The van der Waals surface area contributed by atoms with Gasteiger partial charge >= 0.3 is 0 Å². The van der Waals surface area contributed by atoms with Gasteiger partial charge in [-0.3, -0.25) is 9.48 Å². The molecule has 2 rings (SSSR count). The van der Waals surface area contributed by atoms with Gasteiger partial charge in [0.1, 0.15) is 5.69 Å². The normalized spacial score (nSPS) is 12.4. The van der Waals surface area contributed by atoms with E-state index in [2.05, 4.69) is 15.4 Å². The zero-order valence-electron chi connectivity index (χ0n) is 13.0. The number of aryl methyl sites for hydroxylation is 4. The van der Waals surface area contributed by atoms with Crippen molar-refractivity contribution in [3.05, 3.63) is 27.0 Å². The Labute approximate surface area is 128 Å². The molecule has 1 amide bonds. The van der Waals surface area contributed by atoms with Gasteiger partial charge in [-0.1, -0.05) is 0 Å². The fraction of sp³-hybridized carbons (Fsp3) is 0.500. The molecule has 114 valence electrons. The van der Waals surface area contributed by atoms with E-state index in [0.29, 0.717) is 23.6 Å². The molecule has 7 heteroatoms. The van der Waals surface area contributed by atoms with Crippen molar-refractivity contribution in [3.63, 3.8) is 0 Å². The Hall–Kier alpha value is -1.89. The maximum absolute atomic E-state index is 12.5. The Morgan fingerprint density at radius 3 is 2.57 bits per heavy atom. The molecule has 1 atom stereocenters. The number of thiazole rings is 1. The van der Waals surface area contributed by atoms with Crippen molar-refractivity contribution in [1.29, 1.82) is 0 Å². The van der Waals surface area contributed by atoms with E-state index >= 15 is 0 Å². The highest BCUT2D eigenvalue weighted by atomic mass is 32.1. The van der Waals surface area contributed by atoms with Gasteiger partial charge in [-0.25, -0.2) is 4.98 Å². The zero-order valence-corrected chi connectivity index (χ0v) is 13.8. The van der Waals surface area contributed by atoms with Gasteiger partial charge in [0.05, 0.1) is 28.1 Å². The van der Waals surface area contributed by atoms with E-state index in [1.165, 1.54) is 0 Å². The molecule has 1 unspecified atom stereocenters. The fourth-order valence-electron chi connectivity index (χ4n) is 2.34. The van der Waals surface area contributed by atoms with Crippen molar-refractivity contribution in [1.82, 2.24) is 20.1 Å². The van der Waals surface area contributed by atoms with Crippen molar-refractivity contribution >= 4 is 22.9 Å². The van der Waals surface area contributed by atoms with E-state index in [-0.39, 0.29) is 11.9 Å². The first kappa shape index (κ1) is 15.5. The van der Waals surface area contributed by atoms with Crippen molar-refractivity contribution in [2.24, 2.45) is 0 Å². The van der Waals surface area contributed by atoms with Gasteiger partial charge in [0.2, 0.25) is 0 Å². The van der Waals surface area contributed by atoms with E-state index in [1.54, 1.807) is 22.9 Å². The van der Waals surface area contributed by atoms with Crippen LogP contribution in [0.3, 0.4) is 0 Å². The van der Waals surface area contributed by atoms with Gasteiger partial charge in [-0.15, -0.1) is 11.3 Å². The summed E-state index contributed by atoms with van der Waals surface area (Å²) in [4.78, 5) is 18.0. The average Bonchev–Trinajstić information content (AvgIpc) is 2.89. The summed E-state index contributed by atoms with van der Waals surface area (Å²) in [7, 11) is 0. The van der Waals surface area contributed by atoms with E-state index in [0.717, 1.165) is 15.6 Å². The first-order chi connectivity index (χ1) is 9.85. The van der Waals surface area contributed by atoms with Crippen LogP contribution in [0.25, 0.3) is 0 Å². The van der Waals surface area contributed by atoms with Crippen LogP contribution in [0.4, 0.5) is 5.69 Å². The largest absolute Gasteiger partial charge is 0.395 e. The number of hydrogen-bond acceptors (Lipinski definition) is 5. The molecule has 0 aromatic carbocycles. The Bertz CT molecular complexity index is 673. The van der Waals surface area contributed by atoms with Crippen molar-refractivity contribution in [3.8, 4) is 0 Å². The van der Waals surface area contributed by atoms with Gasteiger partial charge in [-0.2, -0.15) is 5.10 Å². The van der Waals surface area contributed by atoms with Crippen LogP contribution >= 0.6 is 11.3 Å². The zero-order chi connectivity index (χ0) is 15.7. The molecule has 0 aliphatic rings. The van der Waals surface area contributed by atoms with E-state index in [4.69, 9.17) is 5.73 Å². The highest BCUT2D eigenvalue weighted by molar-refractivity contribution is 7.11. The third kappa shape index (κ3) is 2.92. The van der Waals surface area contributed by atoms with Crippen molar-refractivity contribution in [2.75, 3.05) is 5.73 Å². The number of nitrogen functional groups attached to an aromatic ring is 1. The lowest BCUT2D eigenvalue weighted by atomic mass is 10.2. The standard InChI is InChI=1S/C14H21N5OS/c1-6-19-12(11(15)7(2)18-19)14(20)17-9(4)13-8(3)16-10(5)21-13/h9H,6,15H2,1-5H3,(H,17,20). The predicted molar refractivity (Wildman–Crippen MR) is 84.5 cm³/mol. The molecule has 2 heterocycles. The Kier molecular flexibility index (Phi) is 4.32. The monoisotopic (exact) mass is 307 g/mol. The number of nitrogens with two attached hydrogens (primary N) is 1. The number of nitrogens with zero attached hydrogens (tertiary/aromatic N) is 3. The van der Waals surface area contributed by atoms with Crippen LogP contribution in [-0.2, 0) is 6.54 Å². The minimum Gasteiger partial charge on any atom is -0.395 e. The first-order valence-corrected chi connectivity index (χ1v) is 7.74. The number of rotatable bonds is 4. The molecule has 3 N–H and O–H groups in total. The van der Waals surface area contributed by atoms with Crippen LogP contribution in [0, 0.1) is 20.8 Å². The van der Waals surface area contributed by atoms with Crippen LogP contribution in [0.15, 0.2) is 0 Å². The summed E-state index contributed by atoms with van der Waals surface area (Å²) in [6.07, 6.45) is 0. The molecule has 0 fully saturated rings. The molecule has 0 saturated heterocycles. The molecule has 0 bridgehead atoms. The number of carbonyl (C=O) groups is 1. The summed E-state index contributed by atoms with van der Waals surface area (Å²) >= 11 is 1.60. The molecule has 2 aromatic heterocycles. The molecule has 2 aromatic rings. The van der Waals surface area contributed by atoms with Crippen LogP contribution in [0.1, 0.15) is 51.7 Å². The van der Waals surface area contributed by atoms with Gasteiger partial charge in [0.25, 0.3) is 5.91 Å². The maximum Gasteiger partial charge on any atom is 0.272 e. The van der Waals surface area contributed by atoms with Gasteiger partial charge in [0.15, 0.2) is 0 Å². The summed E-state index contributed by atoms with van der Waals surface area (Å²) < 4.78 is 1.64. The van der Waals surface area contributed by atoms with E-state index < -0.39 is 0 Å². The van der Waals surface area contributed by atoms with Crippen LogP contribution in [-0.4, -0.2) is 20.7 Å². The third-order valence-corrected chi connectivity index (χ3v) is 4.62. The second-order valence-electron chi connectivity index (χ2n) is 5.04.